The topological polar surface area (TPSA) is 27.7 Å². The van der Waals surface area contributed by atoms with Crippen LogP contribution in [0, 0.1) is 0 Å². The molecule has 1 fully saturated rings. The molecule has 0 N–H and O–H groups in total. The van der Waals surface area contributed by atoms with Crippen molar-refractivity contribution >= 4 is 11.3 Å². The Hall–Kier alpha value is -0.420. The average Bonchev–Trinajstić information content (AvgIpc) is 3.00. The monoisotopic (exact) mass is 244 g/mol. The molecule has 0 aliphatic carbocycles. The van der Waals surface area contributed by atoms with Crippen LogP contribution >= 0.6 is 11.3 Å². The highest BCUT2D eigenvalue weighted by Crippen LogP contribution is 2.08. The molecule has 1 aromatic heterocycles. The Kier molecular flexibility index (Phi) is 7.42. The lowest BCUT2D eigenvalue weighted by molar-refractivity contribution is 0.0822. The Bertz CT molecular complexity index is 243. The predicted octanol–water partition coefficient (Wildman–Crippen LogP) is 2.36. The van der Waals surface area contributed by atoms with Crippen molar-refractivity contribution in [1.82, 2.24) is 0 Å². The van der Waals surface area contributed by atoms with Crippen molar-refractivity contribution in [3.05, 3.63) is 22.4 Å². The summed E-state index contributed by atoms with van der Waals surface area (Å²) in [6.07, 6.45) is 2.49. The SMILES string of the molecule is COC1CCOC1.COCCc1cccs1. The third-order valence-electron chi connectivity index (χ3n) is 2.35. The molecule has 0 radical (unpaired) electrons. The minimum Gasteiger partial charge on any atom is -0.384 e. The Labute approximate surface area is 101 Å². The summed E-state index contributed by atoms with van der Waals surface area (Å²) in [6.45, 7) is 2.50. The van der Waals surface area contributed by atoms with Gasteiger partial charge in [-0.05, 0) is 17.9 Å². The first-order chi connectivity index (χ1) is 7.86. The van der Waals surface area contributed by atoms with E-state index in [2.05, 4.69) is 17.5 Å². The second-order valence-corrected chi connectivity index (χ2v) is 4.58. The molecule has 3 nitrogen and oxygen atoms in total. The van der Waals surface area contributed by atoms with Crippen molar-refractivity contribution in [2.45, 2.75) is 18.9 Å². The number of ether oxygens (including phenoxy) is 3. The summed E-state index contributed by atoms with van der Waals surface area (Å²) < 4.78 is 14.9. The molecule has 0 aromatic carbocycles. The van der Waals surface area contributed by atoms with Gasteiger partial charge in [0.05, 0.1) is 19.3 Å². The van der Waals surface area contributed by atoms with Gasteiger partial charge in [-0.3, -0.25) is 0 Å². The zero-order valence-electron chi connectivity index (χ0n) is 9.98. The molecule has 1 aromatic rings. The van der Waals surface area contributed by atoms with Gasteiger partial charge in [-0.1, -0.05) is 6.07 Å². The van der Waals surface area contributed by atoms with E-state index in [1.165, 1.54) is 4.88 Å². The van der Waals surface area contributed by atoms with Crippen molar-refractivity contribution in [2.75, 3.05) is 34.0 Å². The Morgan fingerprint density at radius 1 is 1.50 bits per heavy atom. The van der Waals surface area contributed by atoms with Crippen molar-refractivity contribution in [2.24, 2.45) is 0 Å². The number of hydrogen-bond donors (Lipinski definition) is 0. The van der Waals surface area contributed by atoms with Gasteiger partial charge in [0.25, 0.3) is 0 Å². The van der Waals surface area contributed by atoms with Crippen LogP contribution in [-0.2, 0) is 20.6 Å². The van der Waals surface area contributed by atoms with E-state index in [4.69, 9.17) is 14.2 Å². The van der Waals surface area contributed by atoms with E-state index in [1.54, 1.807) is 25.6 Å². The standard InChI is InChI=1S/C7H10OS.C5H10O2/c1-8-5-4-7-3-2-6-9-7;1-6-5-2-3-7-4-5/h2-3,6H,4-5H2,1H3;5H,2-4H2,1H3. The van der Waals surface area contributed by atoms with Gasteiger partial charge in [0.2, 0.25) is 0 Å². The van der Waals surface area contributed by atoms with E-state index < -0.39 is 0 Å². The second kappa shape index (κ2) is 8.70. The molecule has 1 saturated heterocycles. The molecular formula is C12H20O3S. The molecule has 2 rings (SSSR count). The zero-order valence-corrected chi connectivity index (χ0v) is 10.8. The Balaban J connectivity index is 0.000000165. The van der Waals surface area contributed by atoms with Crippen molar-refractivity contribution < 1.29 is 14.2 Å². The van der Waals surface area contributed by atoms with Gasteiger partial charge in [-0.15, -0.1) is 11.3 Å². The van der Waals surface area contributed by atoms with E-state index in [9.17, 15) is 0 Å². The summed E-state index contributed by atoms with van der Waals surface area (Å²) in [5.74, 6) is 0. The first kappa shape index (κ1) is 13.6. The maximum Gasteiger partial charge on any atom is 0.0826 e. The van der Waals surface area contributed by atoms with E-state index in [-0.39, 0.29) is 0 Å². The molecule has 2 heterocycles. The van der Waals surface area contributed by atoms with Crippen LogP contribution in [0.2, 0.25) is 0 Å². The first-order valence-electron chi connectivity index (χ1n) is 5.48. The van der Waals surface area contributed by atoms with E-state index in [0.29, 0.717) is 6.10 Å². The molecule has 4 heteroatoms. The number of rotatable bonds is 4. The van der Waals surface area contributed by atoms with Crippen LogP contribution in [0.3, 0.4) is 0 Å². The molecule has 0 bridgehead atoms. The Morgan fingerprint density at radius 3 is 2.81 bits per heavy atom. The molecule has 0 saturated carbocycles. The smallest absolute Gasteiger partial charge is 0.0826 e. The summed E-state index contributed by atoms with van der Waals surface area (Å²) in [6, 6.07) is 4.19. The predicted molar refractivity (Wildman–Crippen MR) is 66.1 cm³/mol. The van der Waals surface area contributed by atoms with Gasteiger partial charge in [-0.2, -0.15) is 0 Å². The summed E-state index contributed by atoms with van der Waals surface area (Å²) in [7, 11) is 3.45. The van der Waals surface area contributed by atoms with Crippen LogP contribution in [0.15, 0.2) is 17.5 Å². The van der Waals surface area contributed by atoms with Gasteiger partial charge in [0, 0.05) is 32.1 Å². The summed E-state index contributed by atoms with van der Waals surface area (Å²) in [5, 5.41) is 2.09. The van der Waals surface area contributed by atoms with Crippen molar-refractivity contribution in [1.29, 1.82) is 0 Å². The summed E-state index contributed by atoms with van der Waals surface area (Å²) in [4.78, 5) is 1.40. The van der Waals surface area contributed by atoms with Crippen LogP contribution in [0.25, 0.3) is 0 Å². The lowest BCUT2D eigenvalue weighted by Gasteiger charge is -2.00. The van der Waals surface area contributed by atoms with E-state index in [0.717, 1.165) is 32.7 Å². The molecular weight excluding hydrogens is 224 g/mol. The van der Waals surface area contributed by atoms with Gasteiger partial charge in [0.1, 0.15) is 0 Å². The van der Waals surface area contributed by atoms with Crippen LogP contribution in [0.1, 0.15) is 11.3 Å². The fraction of sp³-hybridized carbons (Fsp3) is 0.667. The fourth-order valence-electron chi connectivity index (χ4n) is 1.36. The lowest BCUT2D eigenvalue weighted by atomic mass is 10.3. The van der Waals surface area contributed by atoms with E-state index >= 15 is 0 Å². The van der Waals surface area contributed by atoms with Crippen molar-refractivity contribution in [3.63, 3.8) is 0 Å². The average molecular weight is 244 g/mol. The van der Waals surface area contributed by atoms with Gasteiger partial charge in [0.15, 0.2) is 0 Å². The quantitative estimate of drug-likeness (QED) is 0.814. The molecule has 92 valence electrons. The van der Waals surface area contributed by atoms with Gasteiger partial charge < -0.3 is 14.2 Å². The molecule has 1 aliphatic heterocycles. The summed E-state index contributed by atoms with van der Waals surface area (Å²) >= 11 is 1.78. The van der Waals surface area contributed by atoms with Crippen LogP contribution < -0.4 is 0 Å². The molecule has 16 heavy (non-hydrogen) atoms. The number of hydrogen-bond acceptors (Lipinski definition) is 4. The highest BCUT2D eigenvalue weighted by molar-refractivity contribution is 7.09. The second-order valence-electron chi connectivity index (χ2n) is 3.54. The number of thiophene rings is 1. The highest BCUT2D eigenvalue weighted by Gasteiger charge is 2.12. The summed E-state index contributed by atoms with van der Waals surface area (Å²) in [5.41, 5.74) is 0. The maximum atomic E-state index is 5.02. The third-order valence-corrected chi connectivity index (χ3v) is 3.29. The van der Waals surface area contributed by atoms with E-state index in [1.807, 2.05) is 0 Å². The highest BCUT2D eigenvalue weighted by atomic mass is 32.1. The van der Waals surface area contributed by atoms with Crippen LogP contribution in [-0.4, -0.2) is 40.1 Å². The molecule has 1 unspecified atom stereocenters. The minimum absolute atomic E-state index is 0.375. The third kappa shape index (κ3) is 5.61. The fourth-order valence-corrected chi connectivity index (χ4v) is 2.05. The van der Waals surface area contributed by atoms with Crippen LogP contribution in [0.4, 0.5) is 0 Å². The molecule has 0 amide bonds. The first-order valence-corrected chi connectivity index (χ1v) is 6.36. The zero-order chi connectivity index (χ0) is 11.6. The van der Waals surface area contributed by atoms with Gasteiger partial charge in [-0.25, -0.2) is 0 Å². The molecule has 0 spiro atoms. The van der Waals surface area contributed by atoms with Gasteiger partial charge >= 0.3 is 0 Å². The maximum absolute atomic E-state index is 5.02. The lowest BCUT2D eigenvalue weighted by Crippen LogP contribution is -2.07. The Morgan fingerprint density at radius 2 is 2.38 bits per heavy atom. The number of methoxy groups -OCH3 is 2. The largest absolute Gasteiger partial charge is 0.384 e. The normalized spacial score (nSPS) is 19.2. The minimum atomic E-state index is 0.375. The van der Waals surface area contributed by atoms with Crippen LogP contribution in [0.5, 0.6) is 0 Å². The molecule has 1 aliphatic rings. The molecule has 1 atom stereocenters. The van der Waals surface area contributed by atoms with Crippen molar-refractivity contribution in [3.8, 4) is 0 Å².